The number of halogens is 1. The molecule has 0 saturated heterocycles. The maximum absolute atomic E-state index is 11.7. The highest BCUT2D eigenvalue weighted by molar-refractivity contribution is 6.30. The highest BCUT2D eigenvalue weighted by Crippen LogP contribution is 2.16. The predicted octanol–water partition coefficient (Wildman–Crippen LogP) is 1.88. The molecule has 0 aliphatic heterocycles. The minimum atomic E-state index is -0.412. The highest BCUT2D eigenvalue weighted by atomic mass is 35.5. The first-order valence-corrected chi connectivity index (χ1v) is 7.39. The molecule has 2 rings (SSSR count). The Morgan fingerprint density at radius 1 is 1.08 bits per heavy atom. The molecule has 2 amide bonds. The van der Waals surface area contributed by atoms with E-state index in [1.165, 1.54) is 6.20 Å². The maximum atomic E-state index is 11.7. The Hall–Kier alpha value is -2.80. The number of carbonyl (C=O) groups is 2. The van der Waals surface area contributed by atoms with E-state index in [1.54, 1.807) is 43.5 Å². The summed E-state index contributed by atoms with van der Waals surface area (Å²) >= 11 is 5.70. The topological polar surface area (TPSA) is 89.5 Å². The maximum Gasteiger partial charge on any atom is 0.258 e. The van der Waals surface area contributed by atoms with Gasteiger partial charge in [0.1, 0.15) is 17.3 Å². The SMILES string of the molecule is COc1ccc(OCC(=O)NCC(=O)Nc2ccc(Cl)cn2)cc1. The number of nitrogens with one attached hydrogen (secondary N) is 2. The Balaban J connectivity index is 1.70. The van der Waals surface area contributed by atoms with E-state index >= 15 is 0 Å². The van der Waals surface area contributed by atoms with Crippen LogP contribution in [0.2, 0.25) is 5.02 Å². The van der Waals surface area contributed by atoms with Crippen molar-refractivity contribution in [2.45, 2.75) is 0 Å². The summed E-state index contributed by atoms with van der Waals surface area (Å²) in [6.45, 7) is -0.381. The lowest BCUT2D eigenvalue weighted by Crippen LogP contribution is -2.35. The molecule has 0 fully saturated rings. The minimum Gasteiger partial charge on any atom is -0.497 e. The molecular formula is C16H16ClN3O4. The molecule has 0 saturated carbocycles. The normalized spacial score (nSPS) is 9.92. The first kappa shape index (κ1) is 17.6. The van der Waals surface area contributed by atoms with Crippen LogP contribution in [0.5, 0.6) is 11.5 Å². The Morgan fingerprint density at radius 2 is 1.79 bits per heavy atom. The van der Waals surface area contributed by atoms with Crippen molar-refractivity contribution in [3.63, 3.8) is 0 Å². The van der Waals surface area contributed by atoms with Gasteiger partial charge < -0.3 is 20.1 Å². The predicted molar refractivity (Wildman–Crippen MR) is 89.4 cm³/mol. The Kier molecular flexibility index (Phi) is 6.39. The van der Waals surface area contributed by atoms with Gasteiger partial charge in [0, 0.05) is 6.20 Å². The molecule has 126 valence electrons. The van der Waals surface area contributed by atoms with Gasteiger partial charge in [0.05, 0.1) is 18.7 Å². The van der Waals surface area contributed by atoms with Crippen LogP contribution in [0, 0.1) is 0 Å². The van der Waals surface area contributed by atoms with Crippen LogP contribution in [0.3, 0.4) is 0 Å². The van der Waals surface area contributed by atoms with Gasteiger partial charge in [0.15, 0.2) is 6.61 Å². The van der Waals surface area contributed by atoms with Crippen LogP contribution in [0.25, 0.3) is 0 Å². The van der Waals surface area contributed by atoms with Crippen molar-refractivity contribution in [3.05, 3.63) is 47.6 Å². The third kappa shape index (κ3) is 5.77. The largest absolute Gasteiger partial charge is 0.497 e. The molecule has 0 aliphatic carbocycles. The molecule has 0 spiro atoms. The van der Waals surface area contributed by atoms with Crippen molar-refractivity contribution < 1.29 is 19.1 Å². The smallest absolute Gasteiger partial charge is 0.258 e. The zero-order valence-corrected chi connectivity index (χ0v) is 13.7. The van der Waals surface area contributed by atoms with Crippen molar-refractivity contribution in [2.75, 3.05) is 25.6 Å². The second-order valence-corrected chi connectivity index (χ2v) is 5.09. The Bertz CT molecular complexity index is 689. The summed E-state index contributed by atoms with van der Waals surface area (Å²) in [4.78, 5) is 27.3. The van der Waals surface area contributed by atoms with Crippen molar-refractivity contribution in [2.24, 2.45) is 0 Å². The summed E-state index contributed by atoms with van der Waals surface area (Å²) in [7, 11) is 1.56. The fourth-order valence-electron chi connectivity index (χ4n) is 1.69. The summed E-state index contributed by atoms with van der Waals surface area (Å²) in [5, 5.41) is 5.45. The quantitative estimate of drug-likeness (QED) is 0.796. The van der Waals surface area contributed by atoms with E-state index in [4.69, 9.17) is 21.1 Å². The average molecular weight is 350 g/mol. The molecular weight excluding hydrogens is 334 g/mol. The number of nitrogens with zero attached hydrogens (tertiary/aromatic N) is 1. The van der Waals surface area contributed by atoms with E-state index in [-0.39, 0.29) is 13.2 Å². The van der Waals surface area contributed by atoms with E-state index in [9.17, 15) is 9.59 Å². The molecule has 7 nitrogen and oxygen atoms in total. The zero-order valence-electron chi connectivity index (χ0n) is 12.9. The zero-order chi connectivity index (χ0) is 17.4. The summed E-state index contributed by atoms with van der Waals surface area (Å²) < 4.78 is 10.3. The van der Waals surface area contributed by atoms with Crippen LogP contribution in [-0.2, 0) is 9.59 Å². The lowest BCUT2D eigenvalue weighted by molar-refractivity contribution is -0.125. The van der Waals surface area contributed by atoms with Gasteiger partial charge in [-0.1, -0.05) is 11.6 Å². The van der Waals surface area contributed by atoms with E-state index in [0.717, 1.165) is 0 Å². The minimum absolute atomic E-state index is 0.185. The Morgan fingerprint density at radius 3 is 2.42 bits per heavy atom. The molecule has 24 heavy (non-hydrogen) atoms. The van der Waals surface area contributed by atoms with Crippen LogP contribution in [0.4, 0.5) is 5.82 Å². The monoisotopic (exact) mass is 349 g/mol. The molecule has 0 radical (unpaired) electrons. The number of pyridine rings is 1. The van der Waals surface area contributed by atoms with Crippen LogP contribution < -0.4 is 20.1 Å². The Labute approximate surface area is 143 Å². The molecule has 0 bridgehead atoms. The number of hydrogen-bond acceptors (Lipinski definition) is 5. The summed E-state index contributed by atoms with van der Waals surface area (Å²) in [5.41, 5.74) is 0. The summed E-state index contributed by atoms with van der Waals surface area (Å²) in [6, 6.07) is 9.98. The third-order valence-electron chi connectivity index (χ3n) is 2.87. The first-order chi connectivity index (χ1) is 11.6. The standard InChI is InChI=1S/C16H16ClN3O4/c1-23-12-3-5-13(6-4-12)24-10-16(22)19-9-15(21)20-14-7-2-11(17)8-18-14/h2-8H,9-10H2,1H3,(H,19,22)(H,18,20,21). The fraction of sp³-hybridized carbons (Fsp3) is 0.188. The van der Waals surface area contributed by atoms with Crippen LogP contribution in [-0.4, -0.2) is 37.1 Å². The number of anilines is 1. The van der Waals surface area contributed by atoms with Crippen molar-refractivity contribution in [1.29, 1.82) is 0 Å². The van der Waals surface area contributed by atoms with Gasteiger partial charge in [0.2, 0.25) is 5.91 Å². The number of ether oxygens (including phenoxy) is 2. The average Bonchev–Trinajstić information content (AvgIpc) is 2.60. The molecule has 0 unspecified atom stereocenters. The number of methoxy groups -OCH3 is 1. The molecule has 1 aromatic heterocycles. The molecule has 2 aromatic rings. The molecule has 0 atom stereocenters. The molecule has 1 heterocycles. The van der Waals surface area contributed by atoms with Gasteiger partial charge in [-0.05, 0) is 36.4 Å². The van der Waals surface area contributed by atoms with E-state index in [1.807, 2.05) is 0 Å². The van der Waals surface area contributed by atoms with Crippen molar-refractivity contribution in [3.8, 4) is 11.5 Å². The number of benzene rings is 1. The number of rotatable bonds is 7. The van der Waals surface area contributed by atoms with Gasteiger partial charge in [0.25, 0.3) is 5.91 Å². The summed E-state index contributed by atoms with van der Waals surface area (Å²) in [5.74, 6) is 0.765. The fourth-order valence-corrected chi connectivity index (χ4v) is 1.80. The number of amides is 2. The molecule has 1 aromatic carbocycles. The lowest BCUT2D eigenvalue weighted by Gasteiger charge is -2.08. The number of aromatic nitrogens is 1. The lowest BCUT2D eigenvalue weighted by atomic mass is 10.3. The van der Waals surface area contributed by atoms with Crippen LogP contribution >= 0.6 is 11.6 Å². The van der Waals surface area contributed by atoms with Gasteiger partial charge >= 0.3 is 0 Å². The second-order valence-electron chi connectivity index (χ2n) is 4.65. The van der Waals surface area contributed by atoms with E-state index in [2.05, 4.69) is 15.6 Å². The van der Waals surface area contributed by atoms with E-state index < -0.39 is 11.8 Å². The molecule has 8 heteroatoms. The third-order valence-corrected chi connectivity index (χ3v) is 3.09. The number of carbonyl (C=O) groups excluding carboxylic acids is 2. The highest BCUT2D eigenvalue weighted by Gasteiger charge is 2.07. The summed E-state index contributed by atoms with van der Waals surface area (Å²) in [6.07, 6.45) is 1.42. The number of hydrogen-bond donors (Lipinski definition) is 2. The second kappa shape index (κ2) is 8.73. The van der Waals surface area contributed by atoms with Crippen molar-refractivity contribution in [1.82, 2.24) is 10.3 Å². The molecule has 0 aliphatic rings. The van der Waals surface area contributed by atoms with Gasteiger partial charge in [-0.25, -0.2) is 4.98 Å². The molecule has 2 N–H and O–H groups in total. The van der Waals surface area contributed by atoms with Gasteiger partial charge in [-0.2, -0.15) is 0 Å². The van der Waals surface area contributed by atoms with E-state index in [0.29, 0.717) is 22.3 Å². The van der Waals surface area contributed by atoms with Crippen LogP contribution in [0.15, 0.2) is 42.6 Å². The first-order valence-electron chi connectivity index (χ1n) is 7.02. The van der Waals surface area contributed by atoms with Gasteiger partial charge in [-0.3, -0.25) is 9.59 Å². The van der Waals surface area contributed by atoms with Gasteiger partial charge in [-0.15, -0.1) is 0 Å². The van der Waals surface area contributed by atoms with Crippen LogP contribution in [0.1, 0.15) is 0 Å². The van der Waals surface area contributed by atoms with Crippen molar-refractivity contribution >= 4 is 29.2 Å².